The number of carbonyl (C=O) groups excluding carboxylic acids is 1. The monoisotopic (exact) mass is 383 g/mol. The van der Waals surface area contributed by atoms with Crippen molar-refractivity contribution in [3.63, 3.8) is 0 Å². The van der Waals surface area contributed by atoms with E-state index in [0.717, 1.165) is 18.7 Å². The average molecular weight is 384 g/mol. The SMILES string of the molecule is CN(C)CCN(CCN(C)C)C(=O)C=CC=Cc1ccc(Cl)c(Cl)c1. The number of nitrogens with zero attached hydrogens (tertiary/aromatic N) is 3. The molecule has 0 aromatic heterocycles. The maximum Gasteiger partial charge on any atom is 0.246 e. The summed E-state index contributed by atoms with van der Waals surface area (Å²) >= 11 is 11.9. The topological polar surface area (TPSA) is 26.8 Å². The van der Waals surface area contributed by atoms with Gasteiger partial charge in [-0.1, -0.05) is 47.5 Å². The third-order valence-electron chi connectivity index (χ3n) is 3.53. The van der Waals surface area contributed by atoms with E-state index in [4.69, 9.17) is 23.2 Å². The van der Waals surface area contributed by atoms with Crippen LogP contribution in [0.2, 0.25) is 10.0 Å². The summed E-state index contributed by atoms with van der Waals surface area (Å²) < 4.78 is 0. The Morgan fingerprint density at radius 1 is 0.920 bits per heavy atom. The van der Waals surface area contributed by atoms with Crippen molar-refractivity contribution in [2.45, 2.75) is 0 Å². The predicted octanol–water partition coefficient (Wildman–Crippen LogP) is 3.51. The Bertz CT molecular complexity index is 601. The molecule has 0 radical (unpaired) electrons. The van der Waals surface area contributed by atoms with Crippen LogP contribution in [0.1, 0.15) is 5.56 Å². The number of allylic oxidation sites excluding steroid dienone is 2. The van der Waals surface area contributed by atoms with Crippen molar-refractivity contribution in [1.29, 1.82) is 0 Å². The first-order chi connectivity index (χ1) is 11.8. The number of hydrogen-bond donors (Lipinski definition) is 0. The van der Waals surface area contributed by atoms with Crippen LogP contribution in [0, 0.1) is 0 Å². The molecule has 0 atom stereocenters. The highest BCUT2D eigenvalue weighted by molar-refractivity contribution is 6.42. The normalized spacial score (nSPS) is 12.0. The van der Waals surface area contributed by atoms with E-state index in [1.165, 1.54) is 0 Å². The molecule has 0 N–H and O–H groups in total. The second-order valence-corrected chi connectivity index (χ2v) is 7.14. The summed E-state index contributed by atoms with van der Waals surface area (Å²) in [6.45, 7) is 3.10. The number of halogens is 2. The lowest BCUT2D eigenvalue weighted by Gasteiger charge is -2.24. The predicted molar refractivity (Wildman–Crippen MR) is 108 cm³/mol. The number of hydrogen-bond acceptors (Lipinski definition) is 3. The fourth-order valence-corrected chi connectivity index (χ4v) is 2.31. The quantitative estimate of drug-likeness (QED) is 0.482. The summed E-state index contributed by atoms with van der Waals surface area (Å²) in [5.74, 6) is 0.0162. The molecular formula is C19H27Cl2N3O. The Hall–Kier alpha value is -1.33. The van der Waals surface area contributed by atoms with Crippen molar-refractivity contribution in [1.82, 2.24) is 14.7 Å². The van der Waals surface area contributed by atoms with Crippen LogP contribution in [0.4, 0.5) is 0 Å². The minimum atomic E-state index is 0.0162. The Labute approximate surface area is 161 Å². The van der Waals surface area contributed by atoms with Gasteiger partial charge < -0.3 is 14.7 Å². The molecule has 0 spiro atoms. The highest BCUT2D eigenvalue weighted by atomic mass is 35.5. The Kier molecular flexibility index (Phi) is 9.83. The zero-order valence-corrected chi connectivity index (χ0v) is 16.9. The Morgan fingerprint density at radius 2 is 1.52 bits per heavy atom. The molecule has 138 valence electrons. The summed E-state index contributed by atoms with van der Waals surface area (Å²) in [6, 6.07) is 5.42. The number of amides is 1. The van der Waals surface area contributed by atoms with Crippen LogP contribution < -0.4 is 0 Å². The van der Waals surface area contributed by atoms with Crippen molar-refractivity contribution in [3.05, 3.63) is 52.0 Å². The molecule has 0 bridgehead atoms. The third-order valence-corrected chi connectivity index (χ3v) is 4.27. The fraction of sp³-hybridized carbons (Fsp3) is 0.421. The number of likely N-dealkylation sites (N-methyl/N-ethyl adjacent to an activating group) is 2. The Morgan fingerprint density at radius 3 is 2.04 bits per heavy atom. The first kappa shape index (κ1) is 21.7. The maximum atomic E-state index is 12.4. The first-order valence-corrected chi connectivity index (χ1v) is 8.93. The summed E-state index contributed by atoms with van der Waals surface area (Å²) in [4.78, 5) is 18.4. The fourth-order valence-electron chi connectivity index (χ4n) is 2.00. The maximum absolute atomic E-state index is 12.4. The van der Waals surface area contributed by atoms with E-state index in [9.17, 15) is 4.79 Å². The van der Waals surface area contributed by atoms with E-state index in [2.05, 4.69) is 9.80 Å². The standard InChI is InChI=1S/C19H27Cl2N3O/c1-22(2)11-13-24(14-12-23(3)4)19(25)8-6-5-7-16-9-10-17(20)18(21)15-16/h5-10,15H,11-14H2,1-4H3. The van der Waals surface area contributed by atoms with Crippen molar-refractivity contribution in [3.8, 4) is 0 Å². The lowest BCUT2D eigenvalue weighted by Crippen LogP contribution is -2.39. The van der Waals surface area contributed by atoms with Crippen molar-refractivity contribution in [2.75, 3.05) is 54.4 Å². The minimum absolute atomic E-state index is 0.0162. The lowest BCUT2D eigenvalue weighted by atomic mass is 10.2. The molecule has 1 aromatic carbocycles. The average Bonchev–Trinajstić information content (AvgIpc) is 2.54. The van der Waals surface area contributed by atoms with E-state index in [1.807, 2.05) is 51.3 Å². The third kappa shape index (κ3) is 9.07. The molecule has 4 nitrogen and oxygen atoms in total. The highest BCUT2D eigenvalue weighted by Crippen LogP contribution is 2.23. The van der Waals surface area contributed by atoms with Gasteiger partial charge in [0.25, 0.3) is 0 Å². The number of rotatable bonds is 9. The molecule has 1 rings (SSSR count). The second-order valence-electron chi connectivity index (χ2n) is 6.32. The summed E-state index contributed by atoms with van der Waals surface area (Å²) in [5, 5.41) is 1.05. The van der Waals surface area contributed by atoms with Gasteiger partial charge in [-0.05, 0) is 45.9 Å². The van der Waals surface area contributed by atoms with Crippen LogP contribution in [-0.2, 0) is 4.79 Å². The van der Waals surface area contributed by atoms with Gasteiger partial charge in [0, 0.05) is 32.3 Å². The van der Waals surface area contributed by atoms with E-state index in [-0.39, 0.29) is 5.91 Å². The molecule has 1 amide bonds. The molecule has 0 unspecified atom stereocenters. The summed E-state index contributed by atoms with van der Waals surface area (Å²) in [7, 11) is 8.02. The second kappa shape index (κ2) is 11.3. The molecule has 0 aliphatic carbocycles. The van der Waals surface area contributed by atoms with Gasteiger partial charge in [-0.25, -0.2) is 0 Å². The highest BCUT2D eigenvalue weighted by Gasteiger charge is 2.10. The van der Waals surface area contributed by atoms with E-state index >= 15 is 0 Å². The van der Waals surface area contributed by atoms with Crippen molar-refractivity contribution in [2.24, 2.45) is 0 Å². The molecule has 0 heterocycles. The molecule has 0 fully saturated rings. The molecule has 1 aromatic rings. The zero-order valence-electron chi connectivity index (χ0n) is 15.4. The molecule has 25 heavy (non-hydrogen) atoms. The minimum Gasteiger partial charge on any atom is -0.337 e. The zero-order chi connectivity index (χ0) is 18.8. The first-order valence-electron chi connectivity index (χ1n) is 8.17. The van der Waals surface area contributed by atoms with Crippen LogP contribution >= 0.6 is 23.2 Å². The van der Waals surface area contributed by atoms with Gasteiger partial charge in [0.1, 0.15) is 0 Å². The van der Waals surface area contributed by atoms with Gasteiger partial charge >= 0.3 is 0 Å². The van der Waals surface area contributed by atoms with Gasteiger partial charge in [0.15, 0.2) is 0 Å². The van der Waals surface area contributed by atoms with Crippen LogP contribution in [0.25, 0.3) is 6.08 Å². The number of benzene rings is 1. The molecule has 0 aliphatic heterocycles. The van der Waals surface area contributed by atoms with Gasteiger partial charge in [-0.15, -0.1) is 0 Å². The number of carbonyl (C=O) groups is 1. The van der Waals surface area contributed by atoms with Crippen LogP contribution in [0.5, 0.6) is 0 Å². The summed E-state index contributed by atoms with van der Waals surface area (Å²) in [5.41, 5.74) is 0.934. The van der Waals surface area contributed by atoms with Gasteiger partial charge in [0.05, 0.1) is 10.0 Å². The van der Waals surface area contributed by atoms with Crippen molar-refractivity contribution < 1.29 is 4.79 Å². The molecule has 0 saturated heterocycles. The molecule has 6 heteroatoms. The van der Waals surface area contributed by atoms with E-state index in [0.29, 0.717) is 23.1 Å². The molecule has 0 saturated carbocycles. The Balaban J connectivity index is 2.64. The largest absolute Gasteiger partial charge is 0.337 e. The molecular weight excluding hydrogens is 357 g/mol. The van der Waals surface area contributed by atoms with Crippen LogP contribution in [0.15, 0.2) is 36.4 Å². The molecule has 0 aliphatic rings. The van der Waals surface area contributed by atoms with Crippen molar-refractivity contribution >= 4 is 35.2 Å². The van der Waals surface area contributed by atoms with Crippen LogP contribution in [-0.4, -0.2) is 75.0 Å². The van der Waals surface area contributed by atoms with Crippen LogP contribution in [0.3, 0.4) is 0 Å². The lowest BCUT2D eigenvalue weighted by molar-refractivity contribution is -0.126. The van der Waals surface area contributed by atoms with Gasteiger partial charge in [-0.2, -0.15) is 0 Å². The smallest absolute Gasteiger partial charge is 0.246 e. The van der Waals surface area contributed by atoms with E-state index in [1.54, 1.807) is 24.3 Å². The van der Waals surface area contributed by atoms with Gasteiger partial charge in [-0.3, -0.25) is 4.79 Å². The summed E-state index contributed by atoms with van der Waals surface area (Å²) in [6.07, 6.45) is 7.06. The van der Waals surface area contributed by atoms with Gasteiger partial charge in [0.2, 0.25) is 5.91 Å². The van der Waals surface area contributed by atoms with E-state index < -0.39 is 0 Å².